The van der Waals surface area contributed by atoms with Crippen molar-refractivity contribution in [3.8, 4) is 5.75 Å². The first kappa shape index (κ1) is 16.5. The smallest absolute Gasteiger partial charge is 0.255 e. The van der Waals surface area contributed by atoms with Gasteiger partial charge in [0.2, 0.25) is 0 Å². The molecule has 24 heavy (non-hydrogen) atoms. The van der Waals surface area contributed by atoms with Gasteiger partial charge in [0.05, 0.1) is 10.6 Å². The Hall–Kier alpha value is -0.970. The molecule has 0 aromatic heterocycles. The van der Waals surface area contributed by atoms with E-state index in [0.717, 1.165) is 18.8 Å². The molecule has 4 nitrogen and oxygen atoms in total. The minimum atomic E-state index is -0.299. The average Bonchev–Trinajstić information content (AvgIpc) is 2.76. The number of piperidine rings is 1. The number of hydrogen-bond acceptors (Lipinski definition) is 3. The highest BCUT2D eigenvalue weighted by Gasteiger charge is 2.51. The number of halogens is 2. The first-order chi connectivity index (χ1) is 11.5. The SMILES string of the molecule is O=C(N[C@H]1C[C@@H]2CC[C@](C3CCC3)(C1)N2)c1cc(Cl)cc(Cl)c1O. The standard InChI is InChI=1S/C18H22Cl2N2O2/c19-11-6-14(16(23)15(20)7-11)17(24)21-13-8-12-4-5-18(9-13,22-12)10-2-1-3-10/h6-7,10,12-13,22-23H,1-5,8-9H2,(H,21,24)/t12-,13-,18+/m0/s1. The van der Waals surface area contributed by atoms with Crippen molar-refractivity contribution in [3.05, 3.63) is 27.7 Å². The van der Waals surface area contributed by atoms with Gasteiger partial charge in [-0.15, -0.1) is 0 Å². The number of nitrogens with one attached hydrogen (secondary N) is 2. The van der Waals surface area contributed by atoms with Gasteiger partial charge in [-0.05, 0) is 56.6 Å². The van der Waals surface area contributed by atoms with Gasteiger partial charge in [-0.1, -0.05) is 29.6 Å². The quantitative estimate of drug-likeness (QED) is 0.758. The number of amides is 1. The summed E-state index contributed by atoms with van der Waals surface area (Å²) >= 11 is 11.9. The molecule has 2 saturated heterocycles. The lowest BCUT2D eigenvalue weighted by atomic mass is 9.67. The Kier molecular flexibility index (Phi) is 4.18. The lowest BCUT2D eigenvalue weighted by molar-refractivity contribution is 0.0800. The monoisotopic (exact) mass is 368 g/mol. The lowest BCUT2D eigenvalue weighted by Crippen LogP contribution is -2.59. The van der Waals surface area contributed by atoms with Crippen LogP contribution in [-0.4, -0.2) is 28.6 Å². The minimum absolute atomic E-state index is 0.101. The Bertz CT molecular complexity index is 677. The number of aromatic hydroxyl groups is 1. The zero-order valence-electron chi connectivity index (χ0n) is 13.4. The Morgan fingerprint density at radius 1 is 1.29 bits per heavy atom. The van der Waals surface area contributed by atoms with E-state index in [9.17, 15) is 9.90 Å². The second-order valence-corrected chi connectivity index (χ2v) is 8.40. The highest BCUT2D eigenvalue weighted by Crippen LogP contribution is 2.48. The van der Waals surface area contributed by atoms with Gasteiger partial charge in [0.1, 0.15) is 5.75 Å². The Morgan fingerprint density at radius 3 is 2.79 bits per heavy atom. The van der Waals surface area contributed by atoms with Crippen molar-refractivity contribution in [1.82, 2.24) is 10.6 Å². The van der Waals surface area contributed by atoms with Gasteiger partial charge in [0.25, 0.3) is 5.91 Å². The Balaban J connectivity index is 1.50. The third-order valence-electron chi connectivity index (χ3n) is 6.10. The molecule has 2 bridgehead atoms. The summed E-state index contributed by atoms with van der Waals surface area (Å²) in [5, 5.41) is 17.4. The number of carbonyl (C=O) groups excluding carboxylic acids is 1. The fourth-order valence-corrected chi connectivity index (χ4v) is 5.24. The molecule has 3 N–H and O–H groups in total. The van der Waals surface area contributed by atoms with E-state index in [1.165, 1.54) is 44.2 Å². The van der Waals surface area contributed by atoms with Crippen LogP contribution < -0.4 is 10.6 Å². The molecule has 0 unspecified atom stereocenters. The summed E-state index contributed by atoms with van der Waals surface area (Å²) in [5.74, 6) is 0.243. The molecule has 3 fully saturated rings. The Morgan fingerprint density at radius 2 is 2.08 bits per heavy atom. The van der Waals surface area contributed by atoms with E-state index in [2.05, 4.69) is 10.6 Å². The third kappa shape index (κ3) is 2.79. The number of fused-ring (bicyclic) bond motifs is 2. The highest BCUT2D eigenvalue weighted by molar-refractivity contribution is 6.36. The maximum absolute atomic E-state index is 12.6. The predicted octanol–water partition coefficient (Wildman–Crippen LogP) is 3.88. The summed E-state index contributed by atoms with van der Waals surface area (Å²) in [6.45, 7) is 0. The molecule has 1 amide bonds. The van der Waals surface area contributed by atoms with Crippen LogP contribution in [-0.2, 0) is 0 Å². The van der Waals surface area contributed by atoms with E-state index in [-0.39, 0.29) is 33.8 Å². The number of rotatable bonds is 3. The molecule has 4 rings (SSSR count). The molecular weight excluding hydrogens is 347 g/mol. The lowest BCUT2D eigenvalue weighted by Gasteiger charge is -2.48. The van der Waals surface area contributed by atoms with E-state index >= 15 is 0 Å². The minimum Gasteiger partial charge on any atom is -0.506 e. The first-order valence-corrected chi connectivity index (χ1v) is 9.49. The number of phenols is 1. The number of hydrogen-bond donors (Lipinski definition) is 3. The second-order valence-electron chi connectivity index (χ2n) is 7.56. The van der Waals surface area contributed by atoms with Crippen molar-refractivity contribution in [2.45, 2.75) is 62.6 Å². The van der Waals surface area contributed by atoms with Crippen molar-refractivity contribution < 1.29 is 9.90 Å². The molecule has 1 aromatic rings. The van der Waals surface area contributed by atoms with Crippen LogP contribution in [0.2, 0.25) is 10.0 Å². The molecule has 6 heteroatoms. The summed E-state index contributed by atoms with van der Waals surface area (Å²) < 4.78 is 0. The molecule has 0 radical (unpaired) electrons. The molecule has 3 aliphatic rings. The van der Waals surface area contributed by atoms with Crippen LogP contribution in [0.3, 0.4) is 0 Å². The molecule has 1 aromatic carbocycles. The van der Waals surface area contributed by atoms with E-state index in [0.29, 0.717) is 11.1 Å². The molecular formula is C18H22Cl2N2O2. The fourth-order valence-electron chi connectivity index (χ4n) is 4.75. The van der Waals surface area contributed by atoms with Crippen LogP contribution >= 0.6 is 23.2 Å². The van der Waals surface area contributed by atoms with Crippen molar-refractivity contribution in [3.63, 3.8) is 0 Å². The van der Waals surface area contributed by atoms with E-state index in [1.807, 2.05) is 0 Å². The van der Waals surface area contributed by atoms with Crippen molar-refractivity contribution in [1.29, 1.82) is 0 Å². The van der Waals surface area contributed by atoms with Gasteiger partial charge in [-0.25, -0.2) is 0 Å². The van der Waals surface area contributed by atoms with Crippen LogP contribution in [0, 0.1) is 5.92 Å². The summed E-state index contributed by atoms with van der Waals surface area (Å²) in [6, 6.07) is 3.52. The largest absolute Gasteiger partial charge is 0.506 e. The molecule has 0 spiro atoms. The number of phenolic OH excluding ortho intramolecular Hbond substituents is 1. The number of carbonyl (C=O) groups is 1. The molecule has 2 aliphatic heterocycles. The van der Waals surface area contributed by atoms with E-state index < -0.39 is 0 Å². The zero-order chi connectivity index (χ0) is 16.9. The topological polar surface area (TPSA) is 61.4 Å². The van der Waals surface area contributed by atoms with Gasteiger partial charge in [0, 0.05) is 22.6 Å². The normalized spacial score (nSPS) is 32.4. The van der Waals surface area contributed by atoms with Crippen LogP contribution in [0.25, 0.3) is 0 Å². The number of benzene rings is 1. The van der Waals surface area contributed by atoms with Crippen LogP contribution in [0.15, 0.2) is 12.1 Å². The summed E-state index contributed by atoms with van der Waals surface area (Å²) in [4.78, 5) is 12.6. The molecule has 2 heterocycles. The summed E-state index contributed by atoms with van der Waals surface area (Å²) in [7, 11) is 0. The van der Waals surface area contributed by atoms with Gasteiger partial charge in [-0.2, -0.15) is 0 Å². The van der Waals surface area contributed by atoms with Crippen molar-refractivity contribution in [2.24, 2.45) is 5.92 Å². The van der Waals surface area contributed by atoms with E-state index in [4.69, 9.17) is 23.2 Å². The highest BCUT2D eigenvalue weighted by atomic mass is 35.5. The second kappa shape index (κ2) is 6.08. The summed E-state index contributed by atoms with van der Waals surface area (Å²) in [5.41, 5.74) is 0.351. The van der Waals surface area contributed by atoms with Crippen molar-refractivity contribution >= 4 is 29.1 Å². The average molecular weight is 369 g/mol. The third-order valence-corrected chi connectivity index (χ3v) is 6.61. The predicted molar refractivity (Wildman–Crippen MR) is 94.8 cm³/mol. The zero-order valence-corrected chi connectivity index (χ0v) is 15.0. The summed E-state index contributed by atoms with van der Waals surface area (Å²) in [6.07, 6.45) is 8.23. The van der Waals surface area contributed by atoms with Crippen molar-refractivity contribution in [2.75, 3.05) is 0 Å². The van der Waals surface area contributed by atoms with Gasteiger partial charge in [0.15, 0.2) is 0 Å². The first-order valence-electron chi connectivity index (χ1n) is 8.73. The van der Waals surface area contributed by atoms with E-state index in [1.54, 1.807) is 0 Å². The maximum Gasteiger partial charge on any atom is 0.255 e. The molecule has 130 valence electrons. The van der Waals surface area contributed by atoms with Gasteiger partial charge < -0.3 is 15.7 Å². The Labute approximate surface area is 151 Å². The van der Waals surface area contributed by atoms with Gasteiger partial charge in [-0.3, -0.25) is 4.79 Å². The van der Waals surface area contributed by atoms with Gasteiger partial charge >= 0.3 is 0 Å². The molecule has 1 saturated carbocycles. The van der Waals surface area contributed by atoms with Crippen LogP contribution in [0.5, 0.6) is 5.75 Å². The molecule has 1 aliphatic carbocycles. The van der Waals surface area contributed by atoms with Crippen LogP contribution in [0.1, 0.15) is 55.3 Å². The van der Waals surface area contributed by atoms with Crippen LogP contribution in [0.4, 0.5) is 0 Å². The molecule has 3 atom stereocenters. The fraction of sp³-hybridized carbons (Fsp3) is 0.611. The maximum atomic E-state index is 12.6.